The summed E-state index contributed by atoms with van der Waals surface area (Å²) in [6, 6.07) is 7.03. The minimum atomic E-state index is -0.472. The van der Waals surface area contributed by atoms with Gasteiger partial charge in [0.1, 0.15) is 6.29 Å². The van der Waals surface area contributed by atoms with Crippen LogP contribution in [0, 0.1) is 0 Å². The fourth-order valence-corrected chi connectivity index (χ4v) is 2.41. The SMILES string of the molecule is COC(=O)c1nn(-c2ccc(C=O)cc2)c2c1COCC2. The molecule has 0 fully saturated rings. The Morgan fingerprint density at radius 2 is 2.14 bits per heavy atom. The zero-order chi connectivity index (χ0) is 14.8. The summed E-state index contributed by atoms with van der Waals surface area (Å²) in [5, 5.41) is 4.36. The summed E-state index contributed by atoms with van der Waals surface area (Å²) in [6.45, 7) is 0.942. The van der Waals surface area contributed by atoms with Crippen molar-refractivity contribution in [3.05, 3.63) is 46.8 Å². The average molecular weight is 286 g/mol. The van der Waals surface area contributed by atoms with Crippen LogP contribution in [0.3, 0.4) is 0 Å². The number of carbonyl (C=O) groups is 2. The molecule has 1 aliphatic heterocycles. The number of carbonyl (C=O) groups excluding carboxylic acids is 2. The molecule has 21 heavy (non-hydrogen) atoms. The normalized spacial score (nSPS) is 13.6. The van der Waals surface area contributed by atoms with Crippen LogP contribution in [0.2, 0.25) is 0 Å². The molecule has 1 aromatic carbocycles. The van der Waals surface area contributed by atoms with Gasteiger partial charge in [0.15, 0.2) is 5.69 Å². The lowest BCUT2D eigenvalue weighted by molar-refractivity contribution is 0.0582. The van der Waals surface area contributed by atoms with E-state index in [1.54, 1.807) is 28.9 Å². The van der Waals surface area contributed by atoms with Crippen molar-refractivity contribution < 1.29 is 19.1 Å². The molecule has 6 nitrogen and oxygen atoms in total. The minimum Gasteiger partial charge on any atom is -0.464 e. The Morgan fingerprint density at radius 1 is 1.38 bits per heavy atom. The number of fused-ring (bicyclic) bond motifs is 1. The second-order valence-corrected chi connectivity index (χ2v) is 4.69. The first-order valence-corrected chi connectivity index (χ1v) is 6.57. The van der Waals surface area contributed by atoms with Gasteiger partial charge in [-0.15, -0.1) is 0 Å². The van der Waals surface area contributed by atoms with Crippen molar-refractivity contribution >= 4 is 12.3 Å². The molecular formula is C15H14N2O4. The van der Waals surface area contributed by atoms with E-state index in [2.05, 4.69) is 5.10 Å². The Kier molecular flexibility index (Phi) is 3.53. The average Bonchev–Trinajstić information content (AvgIpc) is 2.94. The smallest absolute Gasteiger partial charge is 0.358 e. The lowest BCUT2D eigenvalue weighted by Crippen LogP contribution is -2.14. The molecular weight excluding hydrogens is 272 g/mol. The highest BCUT2D eigenvalue weighted by Gasteiger charge is 2.26. The van der Waals surface area contributed by atoms with Crippen LogP contribution in [-0.2, 0) is 22.5 Å². The maximum atomic E-state index is 11.8. The molecule has 6 heteroatoms. The maximum absolute atomic E-state index is 11.8. The Hall–Kier alpha value is -2.47. The van der Waals surface area contributed by atoms with Crippen molar-refractivity contribution in [1.29, 1.82) is 0 Å². The van der Waals surface area contributed by atoms with E-state index in [9.17, 15) is 9.59 Å². The van der Waals surface area contributed by atoms with Crippen LogP contribution in [0.1, 0.15) is 32.1 Å². The molecule has 1 aliphatic rings. The summed E-state index contributed by atoms with van der Waals surface area (Å²) in [4.78, 5) is 22.5. The van der Waals surface area contributed by atoms with Crippen LogP contribution in [0.25, 0.3) is 5.69 Å². The fourth-order valence-electron chi connectivity index (χ4n) is 2.41. The number of methoxy groups -OCH3 is 1. The Morgan fingerprint density at radius 3 is 2.81 bits per heavy atom. The Balaban J connectivity index is 2.11. The predicted molar refractivity (Wildman–Crippen MR) is 73.7 cm³/mol. The van der Waals surface area contributed by atoms with Crippen molar-refractivity contribution in [2.45, 2.75) is 13.0 Å². The third-order valence-corrected chi connectivity index (χ3v) is 3.47. The molecule has 0 N–H and O–H groups in total. The number of aromatic nitrogens is 2. The highest BCUT2D eigenvalue weighted by molar-refractivity contribution is 5.89. The van der Waals surface area contributed by atoms with E-state index in [-0.39, 0.29) is 5.69 Å². The number of nitrogens with zero attached hydrogens (tertiary/aromatic N) is 2. The summed E-state index contributed by atoms with van der Waals surface area (Å²) < 4.78 is 11.9. The topological polar surface area (TPSA) is 70.4 Å². The fraction of sp³-hybridized carbons (Fsp3) is 0.267. The number of ether oxygens (including phenoxy) is 2. The van der Waals surface area contributed by atoms with Crippen LogP contribution in [0.5, 0.6) is 0 Å². The Bertz CT molecular complexity index is 688. The van der Waals surface area contributed by atoms with Crippen molar-refractivity contribution in [2.24, 2.45) is 0 Å². The van der Waals surface area contributed by atoms with Crippen molar-refractivity contribution in [2.75, 3.05) is 13.7 Å². The molecule has 1 aromatic heterocycles. The predicted octanol–water partition coefficient (Wildman–Crippen LogP) is 1.54. The van der Waals surface area contributed by atoms with Crippen molar-refractivity contribution in [3.63, 3.8) is 0 Å². The van der Waals surface area contributed by atoms with E-state index < -0.39 is 5.97 Å². The quantitative estimate of drug-likeness (QED) is 0.632. The first kappa shape index (κ1) is 13.5. The van der Waals surface area contributed by atoms with E-state index in [0.717, 1.165) is 23.2 Å². The summed E-state index contributed by atoms with van der Waals surface area (Å²) in [7, 11) is 1.33. The molecule has 0 atom stereocenters. The van der Waals surface area contributed by atoms with Crippen LogP contribution in [0.15, 0.2) is 24.3 Å². The van der Waals surface area contributed by atoms with Crippen LogP contribution in [0.4, 0.5) is 0 Å². The molecule has 2 heterocycles. The molecule has 2 aromatic rings. The van der Waals surface area contributed by atoms with Crippen molar-refractivity contribution in [3.8, 4) is 5.69 Å². The van der Waals surface area contributed by atoms with Gasteiger partial charge in [0.25, 0.3) is 0 Å². The molecule has 0 saturated carbocycles. The first-order valence-electron chi connectivity index (χ1n) is 6.57. The van der Waals surface area contributed by atoms with Gasteiger partial charge in [0.2, 0.25) is 0 Å². The second kappa shape index (κ2) is 5.49. The highest BCUT2D eigenvalue weighted by Crippen LogP contribution is 2.24. The van der Waals surface area contributed by atoms with Gasteiger partial charge in [-0.2, -0.15) is 5.10 Å². The lowest BCUT2D eigenvalue weighted by Gasteiger charge is -2.14. The summed E-state index contributed by atoms with van der Waals surface area (Å²) in [5.74, 6) is -0.472. The molecule has 0 unspecified atom stereocenters. The van der Waals surface area contributed by atoms with Gasteiger partial charge in [-0.25, -0.2) is 9.48 Å². The van der Waals surface area contributed by atoms with Gasteiger partial charge in [-0.1, -0.05) is 0 Å². The number of hydrogen-bond acceptors (Lipinski definition) is 5. The van der Waals surface area contributed by atoms with Crippen LogP contribution >= 0.6 is 0 Å². The Labute approximate surface area is 121 Å². The van der Waals surface area contributed by atoms with E-state index in [1.165, 1.54) is 7.11 Å². The summed E-state index contributed by atoms with van der Waals surface area (Å²) in [5.41, 5.74) is 3.39. The zero-order valence-electron chi connectivity index (χ0n) is 11.5. The van der Waals surface area contributed by atoms with Gasteiger partial charge in [0.05, 0.1) is 31.7 Å². The third-order valence-electron chi connectivity index (χ3n) is 3.47. The lowest BCUT2D eigenvalue weighted by atomic mass is 10.1. The number of hydrogen-bond donors (Lipinski definition) is 0. The summed E-state index contributed by atoms with van der Waals surface area (Å²) in [6.07, 6.45) is 1.46. The van der Waals surface area contributed by atoms with E-state index in [4.69, 9.17) is 9.47 Å². The molecule has 0 radical (unpaired) electrons. The maximum Gasteiger partial charge on any atom is 0.358 e. The molecule has 0 bridgehead atoms. The van der Waals surface area contributed by atoms with E-state index in [0.29, 0.717) is 25.2 Å². The standard InChI is InChI=1S/C15H14N2O4/c1-20-15(19)14-12-9-21-7-6-13(12)17(16-14)11-4-2-10(8-18)3-5-11/h2-5,8H,6-7,9H2,1H3. The molecule has 0 saturated heterocycles. The molecule has 0 amide bonds. The monoisotopic (exact) mass is 286 g/mol. The molecule has 108 valence electrons. The number of benzene rings is 1. The zero-order valence-corrected chi connectivity index (χ0v) is 11.5. The van der Waals surface area contributed by atoms with E-state index in [1.807, 2.05) is 0 Å². The summed E-state index contributed by atoms with van der Waals surface area (Å²) >= 11 is 0. The molecule has 0 spiro atoms. The van der Waals surface area contributed by atoms with Gasteiger partial charge in [0, 0.05) is 17.5 Å². The van der Waals surface area contributed by atoms with Gasteiger partial charge >= 0.3 is 5.97 Å². The van der Waals surface area contributed by atoms with Crippen LogP contribution < -0.4 is 0 Å². The molecule has 3 rings (SSSR count). The van der Waals surface area contributed by atoms with Gasteiger partial charge < -0.3 is 9.47 Å². The first-order chi connectivity index (χ1) is 10.2. The van der Waals surface area contributed by atoms with Crippen molar-refractivity contribution in [1.82, 2.24) is 9.78 Å². The highest BCUT2D eigenvalue weighted by atomic mass is 16.5. The second-order valence-electron chi connectivity index (χ2n) is 4.69. The van der Waals surface area contributed by atoms with Crippen LogP contribution in [-0.4, -0.2) is 35.8 Å². The minimum absolute atomic E-state index is 0.284. The largest absolute Gasteiger partial charge is 0.464 e. The molecule has 0 aliphatic carbocycles. The number of rotatable bonds is 3. The van der Waals surface area contributed by atoms with E-state index >= 15 is 0 Å². The number of aldehydes is 1. The van der Waals surface area contributed by atoms with Gasteiger partial charge in [-0.3, -0.25) is 4.79 Å². The van der Waals surface area contributed by atoms with Gasteiger partial charge in [-0.05, 0) is 24.3 Å². The number of esters is 1. The third kappa shape index (κ3) is 2.34.